The van der Waals surface area contributed by atoms with E-state index in [1.165, 1.54) is 0 Å². The highest BCUT2D eigenvalue weighted by molar-refractivity contribution is 5.34. The first-order valence-electron chi connectivity index (χ1n) is 9.50. The molecular formula is C22H26O6. The summed E-state index contributed by atoms with van der Waals surface area (Å²) in [5.41, 5.74) is 2.34. The van der Waals surface area contributed by atoms with Gasteiger partial charge in [0, 0.05) is 5.56 Å². The number of aliphatic hydroxyl groups is 3. The third kappa shape index (κ3) is 3.26. The van der Waals surface area contributed by atoms with Crippen LogP contribution in [0.3, 0.4) is 0 Å². The molecule has 0 saturated carbocycles. The van der Waals surface area contributed by atoms with E-state index in [1.54, 1.807) is 0 Å². The Labute approximate surface area is 164 Å². The molecule has 0 spiro atoms. The smallest absolute Gasteiger partial charge is 0.184 e. The van der Waals surface area contributed by atoms with Crippen molar-refractivity contribution in [2.24, 2.45) is 0 Å². The van der Waals surface area contributed by atoms with Gasteiger partial charge in [0.05, 0.1) is 13.2 Å². The van der Waals surface area contributed by atoms with E-state index in [-0.39, 0.29) is 6.61 Å². The highest BCUT2D eigenvalue weighted by Crippen LogP contribution is 2.49. The minimum absolute atomic E-state index is 0.0104. The van der Waals surface area contributed by atoms with Gasteiger partial charge in [-0.1, -0.05) is 48.5 Å². The second kappa shape index (κ2) is 7.55. The zero-order valence-corrected chi connectivity index (χ0v) is 16.0. The highest BCUT2D eigenvalue weighted by Gasteiger charge is 2.61. The second-order valence-electron chi connectivity index (χ2n) is 7.68. The average molecular weight is 386 g/mol. The van der Waals surface area contributed by atoms with Crippen LogP contribution in [0.15, 0.2) is 48.5 Å². The van der Waals surface area contributed by atoms with Gasteiger partial charge in [-0.25, -0.2) is 0 Å². The van der Waals surface area contributed by atoms with Crippen LogP contribution in [-0.4, -0.2) is 52.4 Å². The van der Waals surface area contributed by atoms with Gasteiger partial charge >= 0.3 is 0 Å². The molecule has 6 heteroatoms. The Morgan fingerprint density at radius 1 is 1.04 bits per heavy atom. The van der Waals surface area contributed by atoms with Crippen LogP contribution in [0, 0.1) is 13.8 Å². The minimum atomic E-state index is -1.48. The van der Waals surface area contributed by atoms with E-state index in [0.29, 0.717) is 0 Å². The topological polar surface area (TPSA) is 88.4 Å². The van der Waals surface area contributed by atoms with Crippen molar-refractivity contribution < 1.29 is 29.5 Å². The fourth-order valence-electron chi connectivity index (χ4n) is 3.99. The summed E-state index contributed by atoms with van der Waals surface area (Å²) in [6.07, 6.45) is -4.32. The molecule has 2 aliphatic rings. The molecule has 0 radical (unpaired) electrons. The summed E-state index contributed by atoms with van der Waals surface area (Å²) in [6.45, 7) is 3.51. The van der Waals surface area contributed by atoms with Crippen molar-refractivity contribution in [1.29, 1.82) is 0 Å². The quantitative estimate of drug-likeness (QED) is 0.744. The van der Waals surface area contributed by atoms with Crippen LogP contribution in [0.1, 0.15) is 34.6 Å². The predicted octanol–water partition coefficient (Wildman–Crippen LogP) is 1.94. The molecule has 3 unspecified atom stereocenters. The Morgan fingerprint density at radius 3 is 2.46 bits per heavy atom. The zero-order valence-electron chi connectivity index (χ0n) is 16.0. The van der Waals surface area contributed by atoms with Crippen LogP contribution >= 0.6 is 0 Å². The number of rotatable bonds is 4. The highest BCUT2D eigenvalue weighted by atomic mass is 16.7. The third-order valence-corrected chi connectivity index (χ3v) is 5.75. The molecule has 2 saturated heterocycles. The number of hydrogen-bond acceptors (Lipinski definition) is 6. The Bertz CT molecular complexity index is 825. The first-order valence-corrected chi connectivity index (χ1v) is 9.50. The number of benzene rings is 2. The summed E-state index contributed by atoms with van der Waals surface area (Å²) in [7, 11) is 0. The van der Waals surface area contributed by atoms with E-state index >= 15 is 0 Å². The van der Waals surface area contributed by atoms with Crippen molar-refractivity contribution in [3.8, 4) is 0 Å². The SMILES string of the molecule is Cc1ccc(C2O[C@H](C(O)CO)[C@@H]3OC(c4ccccc4)OC[C@@]23O)cc1C. The van der Waals surface area contributed by atoms with Gasteiger partial charge in [0.1, 0.15) is 30.0 Å². The molecule has 2 aromatic rings. The van der Waals surface area contributed by atoms with E-state index in [1.807, 2.05) is 62.4 Å². The van der Waals surface area contributed by atoms with E-state index < -0.39 is 42.9 Å². The second-order valence-corrected chi connectivity index (χ2v) is 7.68. The normalized spacial score (nSPS) is 33.5. The Hall–Kier alpha value is -1.80. The molecule has 6 nitrogen and oxygen atoms in total. The maximum absolute atomic E-state index is 11.5. The van der Waals surface area contributed by atoms with Gasteiger partial charge in [-0.15, -0.1) is 0 Å². The monoisotopic (exact) mass is 386 g/mol. The van der Waals surface area contributed by atoms with Crippen LogP contribution in [0.2, 0.25) is 0 Å². The molecule has 2 aliphatic heterocycles. The zero-order chi connectivity index (χ0) is 19.9. The molecule has 0 bridgehead atoms. The molecule has 0 aromatic heterocycles. The molecule has 6 atom stereocenters. The van der Waals surface area contributed by atoms with Crippen molar-refractivity contribution in [2.45, 2.75) is 50.2 Å². The van der Waals surface area contributed by atoms with Crippen molar-refractivity contribution in [1.82, 2.24) is 0 Å². The van der Waals surface area contributed by atoms with Crippen LogP contribution in [0.25, 0.3) is 0 Å². The maximum atomic E-state index is 11.5. The number of hydrogen-bond donors (Lipinski definition) is 3. The lowest BCUT2D eigenvalue weighted by molar-refractivity contribution is -0.292. The van der Waals surface area contributed by atoms with Gasteiger partial charge in [0.2, 0.25) is 0 Å². The van der Waals surface area contributed by atoms with Crippen molar-refractivity contribution in [3.05, 3.63) is 70.8 Å². The van der Waals surface area contributed by atoms with Gasteiger partial charge in [0.25, 0.3) is 0 Å². The first-order chi connectivity index (χ1) is 13.4. The summed E-state index contributed by atoms with van der Waals surface area (Å²) in [5, 5.41) is 31.3. The van der Waals surface area contributed by atoms with Crippen molar-refractivity contribution >= 4 is 0 Å². The maximum Gasteiger partial charge on any atom is 0.184 e. The minimum Gasteiger partial charge on any atom is -0.394 e. The number of fused-ring (bicyclic) bond motifs is 1. The van der Waals surface area contributed by atoms with Crippen LogP contribution in [0.4, 0.5) is 0 Å². The van der Waals surface area contributed by atoms with Crippen LogP contribution in [-0.2, 0) is 14.2 Å². The van der Waals surface area contributed by atoms with Gasteiger partial charge in [-0.05, 0) is 30.5 Å². The Morgan fingerprint density at radius 2 is 1.79 bits per heavy atom. The summed E-state index contributed by atoms with van der Waals surface area (Å²) in [6, 6.07) is 15.3. The lowest BCUT2D eigenvalue weighted by Gasteiger charge is -2.41. The number of aliphatic hydroxyl groups excluding tert-OH is 2. The largest absolute Gasteiger partial charge is 0.394 e. The van der Waals surface area contributed by atoms with E-state index in [0.717, 1.165) is 22.3 Å². The van der Waals surface area contributed by atoms with E-state index in [2.05, 4.69) is 0 Å². The third-order valence-electron chi connectivity index (χ3n) is 5.75. The molecule has 2 aromatic carbocycles. The van der Waals surface area contributed by atoms with Crippen LogP contribution < -0.4 is 0 Å². The molecule has 2 heterocycles. The Kier molecular flexibility index (Phi) is 5.26. The lowest BCUT2D eigenvalue weighted by atomic mass is 9.85. The Balaban J connectivity index is 1.68. The predicted molar refractivity (Wildman–Crippen MR) is 102 cm³/mol. The molecule has 3 N–H and O–H groups in total. The number of aryl methyl sites for hydroxylation is 2. The number of ether oxygens (including phenoxy) is 3. The molecule has 0 aliphatic carbocycles. The average Bonchev–Trinajstić information content (AvgIpc) is 3.02. The molecular weight excluding hydrogens is 360 g/mol. The summed E-state index contributed by atoms with van der Waals surface area (Å²) < 4.78 is 18.0. The van der Waals surface area contributed by atoms with E-state index in [4.69, 9.17) is 14.2 Å². The molecule has 2 fully saturated rings. The molecule has 0 amide bonds. The lowest BCUT2D eigenvalue weighted by Crippen LogP contribution is -2.56. The van der Waals surface area contributed by atoms with Gasteiger partial charge in [-0.3, -0.25) is 0 Å². The molecule has 28 heavy (non-hydrogen) atoms. The summed E-state index contributed by atoms with van der Waals surface area (Å²) in [5.74, 6) is 0. The van der Waals surface area contributed by atoms with Gasteiger partial charge in [-0.2, -0.15) is 0 Å². The fraction of sp³-hybridized carbons (Fsp3) is 0.455. The van der Waals surface area contributed by atoms with Crippen molar-refractivity contribution in [2.75, 3.05) is 13.2 Å². The summed E-state index contributed by atoms with van der Waals surface area (Å²) >= 11 is 0. The summed E-state index contributed by atoms with van der Waals surface area (Å²) in [4.78, 5) is 0. The van der Waals surface area contributed by atoms with Crippen molar-refractivity contribution in [3.63, 3.8) is 0 Å². The van der Waals surface area contributed by atoms with Crippen LogP contribution in [0.5, 0.6) is 0 Å². The van der Waals surface area contributed by atoms with Gasteiger partial charge < -0.3 is 29.5 Å². The molecule has 4 rings (SSSR count). The first kappa shape index (κ1) is 19.5. The van der Waals surface area contributed by atoms with E-state index in [9.17, 15) is 15.3 Å². The van der Waals surface area contributed by atoms with Gasteiger partial charge in [0.15, 0.2) is 6.29 Å². The fourth-order valence-corrected chi connectivity index (χ4v) is 3.99. The standard InChI is InChI=1S/C22H26O6/c1-13-8-9-16(10-14(13)2)19-22(25)12-26-21(15-6-4-3-5-7-15)28-20(22)18(27-19)17(24)11-23/h3-10,17-21,23-25H,11-12H2,1-2H3/t17?,18-,19?,20+,21?,22-/m1/s1. The molecule has 150 valence electrons.